The van der Waals surface area contributed by atoms with Crippen LogP contribution < -0.4 is 10.6 Å². The number of halogens is 1. The van der Waals surface area contributed by atoms with Gasteiger partial charge in [0.05, 0.1) is 41.4 Å². The molecule has 0 atom stereocenters. The van der Waals surface area contributed by atoms with Crippen molar-refractivity contribution in [1.29, 1.82) is 0 Å². The minimum atomic E-state index is -0.711. The Bertz CT molecular complexity index is 1610. The Balaban J connectivity index is 1.63. The van der Waals surface area contributed by atoms with Crippen molar-refractivity contribution in [3.8, 4) is 12.3 Å². The molecule has 34 heavy (non-hydrogen) atoms. The maximum Gasteiger partial charge on any atom is 0.261 e. The lowest BCUT2D eigenvalue weighted by Crippen LogP contribution is -2.31. The van der Waals surface area contributed by atoms with Crippen LogP contribution in [0.4, 0.5) is 15.9 Å². The number of pyridine rings is 2. The summed E-state index contributed by atoms with van der Waals surface area (Å²) in [6.07, 6.45) is 11.8. The highest BCUT2D eigenvalue weighted by atomic mass is 19.1. The van der Waals surface area contributed by atoms with Crippen LogP contribution in [0.5, 0.6) is 0 Å². The molecule has 10 heteroatoms. The number of rotatable bonds is 4. The summed E-state index contributed by atoms with van der Waals surface area (Å²) >= 11 is 0. The third-order valence-electron chi connectivity index (χ3n) is 5.59. The second-order valence-electron chi connectivity index (χ2n) is 7.82. The van der Waals surface area contributed by atoms with Crippen LogP contribution in [0.1, 0.15) is 21.6 Å². The monoisotopic (exact) mass is 454 g/mol. The highest BCUT2D eigenvalue weighted by Gasteiger charge is 2.25. The van der Waals surface area contributed by atoms with Crippen molar-refractivity contribution in [2.45, 2.75) is 6.54 Å². The Hall–Kier alpha value is -4.78. The number of nitrogens with two attached hydrogens (primary N) is 1. The van der Waals surface area contributed by atoms with Crippen molar-refractivity contribution >= 4 is 39.2 Å². The number of nitrogen functional groups attached to an aromatic ring is 1. The molecule has 0 aliphatic carbocycles. The first kappa shape index (κ1) is 21.1. The summed E-state index contributed by atoms with van der Waals surface area (Å²) in [6.45, 7) is 0.0924. The number of terminal acetylenes is 1. The maximum atomic E-state index is 15.2. The summed E-state index contributed by atoms with van der Waals surface area (Å²) in [5.74, 6) is 1.48. The number of amides is 1. The van der Waals surface area contributed by atoms with E-state index in [-0.39, 0.29) is 17.9 Å². The molecule has 0 aliphatic rings. The Kier molecular flexibility index (Phi) is 4.94. The predicted octanol–water partition coefficient (Wildman–Crippen LogP) is 2.80. The van der Waals surface area contributed by atoms with E-state index < -0.39 is 11.7 Å². The molecule has 5 rings (SSSR count). The molecule has 168 valence electrons. The fourth-order valence-electron chi connectivity index (χ4n) is 3.89. The van der Waals surface area contributed by atoms with Gasteiger partial charge < -0.3 is 5.73 Å². The molecule has 0 unspecified atom stereocenters. The molecule has 0 bridgehead atoms. The zero-order chi connectivity index (χ0) is 24.0. The van der Waals surface area contributed by atoms with Crippen molar-refractivity contribution < 1.29 is 9.18 Å². The largest absolute Gasteiger partial charge is 0.382 e. The van der Waals surface area contributed by atoms with Crippen molar-refractivity contribution in [2.75, 3.05) is 10.6 Å². The third-order valence-corrected chi connectivity index (χ3v) is 5.59. The van der Waals surface area contributed by atoms with Gasteiger partial charge >= 0.3 is 0 Å². The van der Waals surface area contributed by atoms with Gasteiger partial charge in [-0.25, -0.2) is 9.37 Å². The molecular weight excluding hydrogens is 435 g/mol. The van der Waals surface area contributed by atoms with Crippen LogP contribution in [-0.4, -0.2) is 35.4 Å². The van der Waals surface area contributed by atoms with Crippen molar-refractivity contribution in [2.24, 2.45) is 14.1 Å². The summed E-state index contributed by atoms with van der Waals surface area (Å²) in [4.78, 5) is 23.7. The molecule has 4 aromatic heterocycles. The van der Waals surface area contributed by atoms with E-state index in [0.717, 1.165) is 0 Å². The number of fused-ring (bicyclic) bond motifs is 3. The quantitative estimate of drug-likeness (QED) is 0.419. The van der Waals surface area contributed by atoms with Crippen molar-refractivity contribution in [3.05, 3.63) is 71.7 Å². The Morgan fingerprint density at radius 1 is 1.18 bits per heavy atom. The van der Waals surface area contributed by atoms with E-state index in [1.807, 2.05) is 0 Å². The minimum absolute atomic E-state index is 0.0924. The number of anilines is 2. The molecule has 0 radical (unpaired) electrons. The Labute approximate surface area is 193 Å². The van der Waals surface area contributed by atoms with E-state index in [0.29, 0.717) is 38.8 Å². The van der Waals surface area contributed by atoms with Gasteiger partial charge in [0.25, 0.3) is 5.91 Å². The molecule has 1 amide bonds. The Morgan fingerprint density at radius 2 is 2.00 bits per heavy atom. The molecule has 2 N–H and O–H groups in total. The molecule has 5 aromatic rings. The van der Waals surface area contributed by atoms with Crippen LogP contribution >= 0.6 is 0 Å². The summed E-state index contributed by atoms with van der Waals surface area (Å²) in [7, 11) is 3.47. The number of benzene rings is 1. The smallest absolute Gasteiger partial charge is 0.261 e. The lowest BCUT2D eigenvalue weighted by atomic mass is 10.1. The van der Waals surface area contributed by atoms with Gasteiger partial charge in [-0.05, 0) is 18.2 Å². The first-order chi connectivity index (χ1) is 16.4. The van der Waals surface area contributed by atoms with Crippen LogP contribution in [0.25, 0.3) is 21.8 Å². The van der Waals surface area contributed by atoms with Gasteiger partial charge in [-0.2, -0.15) is 10.2 Å². The first-order valence-corrected chi connectivity index (χ1v) is 10.3. The number of hydrogen-bond acceptors (Lipinski definition) is 6. The number of carbonyl (C=O) groups is 1. The van der Waals surface area contributed by atoms with Crippen molar-refractivity contribution in [1.82, 2.24) is 29.5 Å². The average molecular weight is 454 g/mol. The SMILES string of the molecule is C#Cc1ccc(CN(C(=O)c2cc3c(cc2F)nc(N)c2c3cnn2C)c2cnn(C)c2)nc1. The zero-order valence-corrected chi connectivity index (χ0v) is 18.4. The molecule has 1 aromatic carbocycles. The van der Waals surface area contributed by atoms with Crippen LogP contribution in [0.15, 0.2) is 49.1 Å². The summed E-state index contributed by atoms with van der Waals surface area (Å²) < 4.78 is 18.4. The van der Waals surface area contributed by atoms with Gasteiger partial charge in [0.2, 0.25) is 0 Å². The van der Waals surface area contributed by atoms with Crippen LogP contribution in [0.2, 0.25) is 0 Å². The molecule has 9 nitrogen and oxygen atoms in total. The fourth-order valence-corrected chi connectivity index (χ4v) is 3.89. The van der Waals surface area contributed by atoms with E-state index in [2.05, 4.69) is 26.1 Å². The topological polar surface area (TPSA) is 108 Å². The predicted molar refractivity (Wildman–Crippen MR) is 126 cm³/mol. The van der Waals surface area contributed by atoms with Gasteiger partial charge in [0, 0.05) is 48.9 Å². The molecule has 0 aliphatic heterocycles. The summed E-state index contributed by atoms with van der Waals surface area (Å²) in [5, 5.41) is 9.64. The molecule has 0 saturated heterocycles. The number of aromatic nitrogens is 6. The second-order valence-corrected chi connectivity index (χ2v) is 7.82. The maximum absolute atomic E-state index is 15.2. The van der Waals surface area contributed by atoms with E-state index in [9.17, 15) is 4.79 Å². The van der Waals surface area contributed by atoms with E-state index in [1.54, 1.807) is 54.2 Å². The second kappa shape index (κ2) is 7.97. The fraction of sp³-hybridized carbons (Fsp3) is 0.125. The van der Waals surface area contributed by atoms with Gasteiger partial charge in [-0.1, -0.05) is 5.92 Å². The third kappa shape index (κ3) is 3.49. The lowest BCUT2D eigenvalue weighted by Gasteiger charge is -2.21. The summed E-state index contributed by atoms with van der Waals surface area (Å²) in [5.41, 5.74) is 8.59. The number of aryl methyl sites for hydroxylation is 2. The van der Waals surface area contributed by atoms with E-state index >= 15 is 4.39 Å². The normalized spacial score (nSPS) is 11.1. The molecule has 4 heterocycles. The lowest BCUT2D eigenvalue weighted by molar-refractivity contribution is 0.0981. The molecule has 0 saturated carbocycles. The van der Waals surface area contributed by atoms with Crippen LogP contribution in [0, 0.1) is 18.2 Å². The minimum Gasteiger partial charge on any atom is -0.382 e. The van der Waals surface area contributed by atoms with Gasteiger partial charge in [-0.3, -0.25) is 24.0 Å². The van der Waals surface area contributed by atoms with E-state index in [4.69, 9.17) is 12.2 Å². The number of carbonyl (C=O) groups excluding carboxylic acids is 1. The van der Waals surface area contributed by atoms with Gasteiger partial charge in [0.1, 0.15) is 17.2 Å². The molecule has 0 fully saturated rings. The van der Waals surface area contributed by atoms with Crippen LogP contribution in [0.3, 0.4) is 0 Å². The summed E-state index contributed by atoms with van der Waals surface area (Å²) in [6, 6.07) is 6.17. The highest BCUT2D eigenvalue weighted by molar-refractivity contribution is 6.13. The number of nitrogens with zero attached hydrogens (tertiary/aromatic N) is 7. The first-order valence-electron chi connectivity index (χ1n) is 10.3. The zero-order valence-electron chi connectivity index (χ0n) is 18.4. The van der Waals surface area contributed by atoms with Crippen LogP contribution in [-0.2, 0) is 20.6 Å². The van der Waals surface area contributed by atoms with Crippen molar-refractivity contribution in [3.63, 3.8) is 0 Å². The van der Waals surface area contributed by atoms with Gasteiger partial charge in [0.15, 0.2) is 0 Å². The standard InChI is InChI=1S/C24H19FN8O/c1-4-14-5-6-15(27-9-14)12-33(16-10-28-31(2)13-16)24(34)18-7-17-19-11-29-32(3)22(19)23(26)30-21(17)8-20(18)25/h1,5-11,13H,12H2,2-3H3,(H2,26,30). The molecule has 0 spiro atoms. The van der Waals surface area contributed by atoms with Gasteiger partial charge in [-0.15, -0.1) is 6.42 Å². The number of hydrogen-bond donors (Lipinski definition) is 1. The van der Waals surface area contributed by atoms with E-state index in [1.165, 1.54) is 23.2 Å². The average Bonchev–Trinajstić information content (AvgIpc) is 3.43. The highest BCUT2D eigenvalue weighted by Crippen LogP contribution is 2.30. The molecular formula is C24H19FN8O. The Morgan fingerprint density at radius 3 is 2.68 bits per heavy atom.